The Kier molecular flexibility index (Phi) is 5.63. The molecule has 3 rings (SSSR count). The van der Waals surface area contributed by atoms with Gasteiger partial charge in [0.05, 0.1) is 7.11 Å². The fourth-order valence-electron chi connectivity index (χ4n) is 3.91. The van der Waals surface area contributed by atoms with Crippen molar-refractivity contribution in [2.24, 2.45) is 0 Å². The number of nitrogens with one attached hydrogen (secondary N) is 1. The van der Waals surface area contributed by atoms with Crippen molar-refractivity contribution in [1.29, 1.82) is 0 Å². The molecule has 1 aromatic rings. The average molecular weight is 344 g/mol. The van der Waals surface area contributed by atoms with Crippen LogP contribution < -0.4 is 14.8 Å². The van der Waals surface area contributed by atoms with Crippen molar-refractivity contribution < 1.29 is 14.3 Å². The predicted octanol–water partition coefficient (Wildman–Crippen LogP) is 2.54. The Balaban J connectivity index is 1.57. The van der Waals surface area contributed by atoms with Crippen LogP contribution in [0.4, 0.5) is 0 Å². The van der Waals surface area contributed by atoms with Crippen molar-refractivity contribution in [1.82, 2.24) is 10.2 Å². The van der Waals surface area contributed by atoms with Crippen LogP contribution in [0.2, 0.25) is 0 Å². The molecule has 1 N–H and O–H groups in total. The van der Waals surface area contributed by atoms with E-state index in [1.807, 2.05) is 36.2 Å². The third-order valence-electron chi connectivity index (χ3n) is 5.35. The zero-order valence-corrected chi connectivity index (χ0v) is 15.2. The number of nitrogens with zero attached hydrogens (tertiary/aromatic N) is 1. The zero-order valence-electron chi connectivity index (χ0n) is 15.2. The lowest BCUT2D eigenvalue weighted by atomic mass is 9.98. The summed E-state index contributed by atoms with van der Waals surface area (Å²) in [6.45, 7) is 3.78. The molecule has 5 heteroatoms. The molecular formula is C20H28N2O3. The van der Waals surface area contributed by atoms with E-state index < -0.39 is 0 Å². The van der Waals surface area contributed by atoms with E-state index in [0.29, 0.717) is 29.6 Å². The van der Waals surface area contributed by atoms with Crippen LogP contribution in [0, 0.1) is 0 Å². The number of hydrogen-bond acceptors (Lipinski definition) is 4. The first-order valence-corrected chi connectivity index (χ1v) is 9.03. The summed E-state index contributed by atoms with van der Waals surface area (Å²) in [6, 6.07) is 7.20. The van der Waals surface area contributed by atoms with E-state index in [4.69, 9.17) is 9.47 Å². The molecule has 1 amide bonds. The molecular weight excluding hydrogens is 316 g/mol. The smallest absolute Gasteiger partial charge is 0.260 e. The van der Waals surface area contributed by atoms with Crippen molar-refractivity contribution >= 4 is 5.91 Å². The number of rotatable bonds is 7. The van der Waals surface area contributed by atoms with Crippen LogP contribution in [0.25, 0.3) is 0 Å². The minimum atomic E-state index is 0.0171. The Labute approximate surface area is 150 Å². The Morgan fingerprint density at radius 3 is 2.68 bits per heavy atom. The first-order valence-electron chi connectivity index (χ1n) is 9.03. The van der Waals surface area contributed by atoms with Gasteiger partial charge in [-0.05, 0) is 49.8 Å². The highest BCUT2D eigenvalue weighted by Gasteiger charge is 2.36. The number of carbonyl (C=O) groups is 1. The maximum atomic E-state index is 12.5. The second-order valence-electron chi connectivity index (χ2n) is 7.03. The number of fused-ring (bicyclic) bond motifs is 2. The summed E-state index contributed by atoms with van der Waals surface area (Å²) in [5, 5.41) is 3.61. The van der Waals surface area contributed by atoms with E-state index >= 15 is 0 Å². The Morgan fingerprint density at radius 2 is 2.04 bits per heavy atom. The number of amides is 1. The van der Waals surface area contributed by atoms with Crippen LogP contribution in [0.15, 0.2) is 30.9 Å². The standard InChI is InChI=1S/C20H28N2O3/c1-4-5-14-6-9-18(19(10-14)24-3)25-13-20(23)22(2)17-11-15-7-8-16(12-17)21-15/h4,6,9-10,15-17,21H,1,5,7-8,11-13H2,2-3H3. The Morgan fingerprint density at radius 1 is 1.32 bits per heavy atom. The topological polar surface area (TPSA) is 50.8 Å². The quantitative estimate of drug-likeness (QED) is 0.773. The third kappa shape index (κ3) is 4.15. The van der Waals surface area contributed by atoms with Gasteiger partial charge in [0.15, 0.2) is 18.1 Å². The van der Waals surface area contributed by atoms with Gasteiger partial charge in [-0.3, -0.25) is 4.79 Å². The maximum Gasteiger partial charge on any atom is 0.260 e. The summed E-state index contributed by atoms with van der Waals surface area (Å²) in [7, 11) is 3.50. The lowest BCUT2D eigenvalue weighted by Crippen LogP contribution is -2.49. The molecule has 2 saturated heterocycles. The highest BCUT2D eigenvalue weighted by atomic mass is 16.5. The molecule has 2 unspecified atom stereocenters. The monoisotopic (exact) mass is 344 g/mol. The van der Waals surface area contributed by atoms with Gasteiger partial charge in [-0.25, -0.2) is 0 Å². The van der Waals surface area contributed by atoms with E-state index in [2.05, 4.69) is 11.9 Å². The molecule has 2 aliphatic rings. The summed E-state index contributed by atoms with van der Waals surface area (Å²) < 4.78 is 11.1. The Hall–Kier alpha value is -2.01. The van der Waals surface area contributed by atoms with Crippen LogP contribution in [-0.4, -0.2) is 49.7 Å². The highest BCUT2D eigenvalue weighted by molar-refractivity contribution is 5.78. The SMILES string of the molecule is C=CCc1ccc(OCC(=O)N(C)C2CC3CCC(C2)N3)c(OC)c1. The summed E-state index contributed by atoms with van der Waals surface area (Å²) in [5.41, 5.74) is 1.10. The van der Waals surface area contributed by atoms with Crippen LogP contribution in [0.3, 0.4) is 0 Å². The van der Waals surface area contributed by atoms with Crippen LogP contribution in [0.1, 0.15) is 31.2 Å². The number of piperidine rings is 1. The number of methoxy groups -OCH3 is 1. The summed E-state index contributed by atoms with van der Waals surface area (Å²) in [4.78, 5) is 14.4. The average Bonchev–Trinajstić information content (AvgIpc) is 2.97. The summed E-state index contributed by atoms with van der Waals surface area (Å²) >= 11 is 0. The molecule has 0 radical (unpaired) electrons. The lowest BCUT2D eigenvalue weighted by Gasteiger charge is -2.35. The predicted molar refractivity (Wildman–Crippen MR) is 98.1 cm³/mol. The van der Waals surface area contributed by atoms with Crippen molar-refractivity contribution in [3.63, 3.8) is 0 Å². The van der Waals surface area contributed by atoms with Gasteiger partial charge < -0.3 is 19.7 Å². The van der Waals surface area contributed by atoms with Gasteiger partial charge in [0.25, 0.3) is 5.91 Å². The zero-order chi connectivity index (χ0) is 17.8. The molecule has 0 saturated carbocycles. The van der Waals surface area contributed by atoms with Crippen molar-refractivity contribution in [2.75, 3.05) is 20.8 Å². The van der Waals surface area contributed by atoms with Gasteiger partial charge in [-0.1, -0.05) is 12.1 Å². The number of carbonyl (C=O) groups excluding carboxylic acids is 1. The summed E-state index contributed by atoms with van der Waals surface area (Å²) in [5.74, 6) is 1.26. The molecule has 5 nitrogen and oxygen atoms in total. The van der Waals surface area contributed by atoms with Crippen molar-refractivity contribution in [3.05, 3.63) is 36.4 Å². The van der Waals surface area contributed by atoms with Crippen LogP contribution in [0.5, 0.6) is 11.5 Å². The van der Waals surface area contributed by atoms with E-state index in [1.54, 1.807) is 7.11 Å². The fraction of sp³-hybridized carbons (Fsp3) is 0.550. The van der Waals surface area contributed by atoms with Crippen molar-refractivity contribution in [2.45, 2.75) is 50.2 Å². The molecule has 1 aromatic carbocycles. The van der Waals surface area contributed by atoms with Crippen LogP contribution in [-0.2, 0) is 11.2 Å². The van der Waals surface area contributed by atoms with Gasteiger partial charge in [0.2, 0.25) is 0 Å². The molecule has 2 bridgehead atoms. The molecule has 0 aliphatic carbocycles. The van der Waals surface area contributed by atoms with E-state index in [9.17, 15) is 4.79 Å². The van der Waals surface area contributed by atoms with Gasteiger partial charge in [0.1, 0.15) is 0 Å². The highest BCUT2D eigenvalue weighted by Crippen LogP contribution is 2.30. The van der Waals surface area contributed by atoms with Gasteiger partial charge in [-0.15, -0.1) is 6.58 Å². The van der Waals surface area contributed by atoms with Crippen molar-refractivity contribution in [3.8, 4) is 11.5 Å². The maximum absolute atomic E-state index is 12.5. The van der Waals surface area contributed by atoms with Crippen LogP contribution >= 0.6 is 0 Å². The largest absolute Gasteiger partial charge is 0.493 e. The van der Waals surface area contributed by atoms with Gasteiger partial charge in [-0.2, -0.15) is 0 Å². The fourth-order valence-corrected chi connectivity index (χ4v) is 3.91. The molecule has 2 fully saturated rings. The second-order valence-corrected chi connectivity index (χ2v) is 7.03. The number of ether oxygens (including phenoxy) is 2. The van der Waals surface area contributed by atoms with E-state index in [-0.39, 0.29) is 12.5 Å². The molecule has 2 heterocycles. The molecule has 2 aliphatic heterocycles. The summed E-state index contributed by atoms with van der Waals surface area (Å²) in [6.07, 6.45) is 7.16. The lowest BCUT2D eigenvalue weighted by molar-refractivity contribution is -0.134. The first kappa shape index (κ1) is 17.8. The molecule has 136 valence electrons. The van der Waals surface area contributed by atoms with E-state index in [0.717, 1.165) is 24.8 Å². The molecule has 2 atom stereocenters. The molecule has 25 heavy (non-hydrogen) atoms. The number of hydrogen-bond donors (Lipinski definition) is 1. The number of allylic oxidation sites excluding steroid dienone is 1. The Bertz CT molecular complexity index is 619. The molecule has 0 spiro atoms. The molecule has 0 aromatic heterocycles. The van der Waals surface area contributed by atoms with Gasteiger partial charge in [0, 0.05) is 25.2 Å². The normalized spacial score (nSPS) is 24.6. The third-order valence-corrected chi connectivity index (χ3v) is 5.35. The minimum absolute atomic E-state index is 0.0171. The number of likely N-dealkylation sites (N-methyl/N-ethyl adjacent to an activating group) is 1. The van der Waals surface area contributed by atoms with E-state index in [1.165, 1.54) is 12.8 Å². The first-order chi connectivity index (χ1) is 12.1. The number of benzene rings is 1. The van der Waals surface area contributed by atoms with Gasteiger partial charge >= 0.3 is 0 Å². The minimum Gasteiger partial charge on any atom is -0.493 e. The second kappa shape index (κ2) is 7.91.